The van der Waals surface area contributed by atoms with Crippen LogP contribution in [-0.2, 0) is 4.79 Å². The third-order valence-electron chi connectivity index (χ3n) is 3.63. The fourth-order valence-electron chi connectivity index (χ4n) is 2.30. The number of nitrogens with one attached hydrogen (secondary N) is 1. The molecule has 0 spiro atoms. The number of halogens is 2. The summed E-state index contributed by atoms with van der Waals surface area (Å²) in [5.41, 5.74) is 2.84. The average Bonchev–Trinajstić information content (AvgIpc) is 3.17. The number of benzene rings is 2. The number of anilines is 1. The van der Waals surface area contributed by atoms with Crippen molar-refractivity contribution in [2.45, 2.75) is 13.5 Å². The van der Waals surface area contributed by atoms with Crippen LogP contribution in [0.5, 0.6) is 5.75 Å². The van der Waals surface area contributed by atoms with Crippen LogP contribution in [0, 0.1) is 6.92 Å². The van der Waals surface area contributed by atoms with Gasteiger partial charge in [0.25, 0.3) is 0 Å². The molecular formula is C19H15F2N3O3. The second kappa shape index (κ2) is 8.22. The van der Waals surface area contributed by atoms with Gasteiger partial charge in [-0.15, -0.1) is 10.2 Å². The van der Waals surface area contributed by atoms with Gasteiger partial charge >= 0.3 is 6.61 Å². The molecule has 2 aromatic carbocycles. The van der Waals surface area contributed by atoms with Crippen LogP contribution < -0.4 is 10.1 Å². The molecule has 0 atom stereocenters. The number of carbonyl (C=O) groups is 1. The fourth-order valence-corrected chi connectivity index (χ4v) is 2.30. The van der Waals surface area contributed by atoms with Gasteiger partial charge in [-0.2, -0.15) is 8.78 Å². The second-order valence-electron chi connectivity index (χ2n) is 5.54. The maximum Gasteiger partial charge on any atom is 0.387 e. The highest BCUT2D eigenvalue weighted by atomic mass is 19.3. The Morgan fingerprint density at radius 2 is 2.00 bits per heavy atom. The van der Waals surface area contributed by atoms with Crippen LogP contribution in [0.15, 0.2) is 59.4 Å². The van der Waals surface area contributed by atoms with Crippen molar-refractivity contribution >= 4 is 17.7 Å². The number of amides is 1. The summed E-state index contributed by atoms with van der Waals surface area (Å²) in [4.78, 5) is 12.2. The Morgan fingerprint density at radius 3 is 2.67 bits per heavy atom. The van der Waals surface area contributed by atoms with Crippen molar-refractivity contribution in [2.75, 3.05) is 5.32 Å². The van der Waals surface area contributed by atoms with E-state index < -0.39 is 6.61 Å². The number of aryl methyl sites for hydroxylation is 1. The summed E-state index contributed by atoms with van der Waals surface area (Å²) in [6.45, 7) is -1.01. The van der Waals surface area contributed by atoms with Crippen molar-refractivity contribution in [1.82, 2.24) is 10.2 Å². The Morgan fingerprint density at radius 1 is 1.22 bits per heavy atom. The molecule has 3 aromatic rings. The highest BCUT2D eigenvalue weighted by Crippen LogP contribution is 2.24. The number of aromatic nitrogens is 2. The van der Waals surface area contributed by atoms with Crippen LogP contribution in [-0.4, -0.2) is 22.7 Å². The van der Waals surface area contributed by atoms with E-state index in [2.05, 4.69) is 20.3 Å². The maximum absolute atomic E-state index is 12.2. The second-order valence-corrected chi connectivity index (χ2v) is 5.54. The lowest BCUT2D eigenvalue weighted by atomic mass is 10.1. The Balaban J connectivity index is 1.67. The summed E-state index contributed by atoms with van der Waals surface area (Å²) in [6.07, 6.45) is 4.15. The zero-order chi connectivity index (χ0) is 19.2. The van der Waals surface area contributed by atoms with Crippen LogP contribution in [0.4, 0.5) is 14.5 Å². The van der Waals surface area contributed by atoms with E-state index in [1.807, 2.05) is 19.1 Å². The smallest absolute Gasteiger partial charge is 0.387 e. The molecular weight excluding hydrogens is 356 g/mol. The van der Waals surface area contributed by atoms with Crippen LogP contribution in [0.3, 0.4) is 0 Å². The zero-order valence-electron chi connectivity index (χ0n) is 14.2. The van der Waals surface area contributed by atoms with Crippen LogP contribution in [0.1, 0.15) is 11.1 Å². The molecule has 3 rings (SSSR count). The summed E-state index contributed by atoms with van der Waals surface area (Å²) in [7, 11) is 0. The predicted octanol–water partition coefficient (Wildman–Crippen LogP) is 4.30. The number of carbonyl (C=O) groups excluding carboxylic acids is 1. The summed E-state index contributed by atoms with van der Waals surface area (Å²) < 4.78 is 33.7. The topological polar surface area (TPSA) is 77.3 Å². The molecule has 0 unspecified atom stereocenters. The van der Waals surface area contributed by atoms with Gasteiger partial charge in [0.2, 0.25) is 18.2 Å². The van der Waals surface area contributed by atoms with Gasteiger partial charge in [0.05, 0.1) is 0 Å². The zero-order valence-corrected chi connectivity index (χ0v) is 14.2. The Labute approximate surface area is 153 Å². The number of alkyl halides is 2. The van der Waals surface area contributed by atoms with Gasteiger partial charge in [-0.05, 0) is 48.4 Å². The molecule has 1 amide bonds. The molecule has 0 aliphatic heterocycles. The molecule has 0 radical (unpaired) electrons. The van der Waals surface area contributed by atoms with Gasteiger partial charge in [0, 0.05) is 17.3 Å². The molecule has 8 heteroatoms. The third kappa shape index (κ3) is 4.97. The van der Waals surface area contributed by atoms with Crippen LogP contribution in [0.2, 0.25) is 0 Å². The van der Waals surface area contributed by atoms with Crippen molar-refractivity contribution in [3.8, 4) is 17.2 Å². The number of hydrogen-bond acceptors (Lipinski definition) is 5. The summed E-state index contributed by atoms with van der Waals surface area (Å²) in [6, 6.07) is 11.3. The molecule has 0 aliphatic carbocycles. The summed E-state index contributed by atoms with van der Waals surface area (Å²) >= 11 is 0. The van der Waals surface area contributed by atoms with Crippen LogP contribution >= 0.6 is 0 Å². The quantitative estimate of drug-likeness (QED) is 0.654. The number of nitrogens with zero attached hydrogens (tertiary/aromatic N) is 2. The van der Waals surface area contributed by atoms with Gasteiger partial charge in [-0.25, -0.2) is 0 Å². The minimum Gasteiger partial charge on any atom is -0.435 e. The van der Waals surface area contributed by atoms with Gasteiger partial charge in [-0.1, -0.05) is 18.2 Å². The van der Waals surface area contributed by atoms with Crippen molar-refractivity contribution in [2.24, 2.45) is 0 Å². The standard InChI is InChI=1S/C19H15F2N3O3/c1-12-2-6-14(18-24-22-11-26-18)10-16(12)23-17(25)9-5-13-3-7-15(8-4-13)27-19(20)21/h2-11,19H,1H3,(H,23,25)/b9-5-. The van der Waals surface area contributed by atoms with E-state index in [4.69, 9.17) is 4.42 Å². The lowest BCUT2D eigenvalue weighted by Crippen LogP contribution is -2.09. The highest BCUT2D eigenvalue weighted by Gasteiger charge is 2.08. The Kier molecular flexibility index (Phi) is 5.55. The van der Waals surface area contributed by atoms with Crippen molar-refractivity contribution in [3.63, 3.8) is 0 Å². The molecule has 0 fully saturated rings. The summed E-state index contributed by atoms with van der Waals surface area (Å²) in [5, 5.41) is 10.2. The van der Waals surface area contributed by atoms with E-state index in [1.165, 1.54) is 24.6 Å². The Hall–Kier alpha value is -3.55. The molecule has 1 N–H and O–H groups in total. The fraction of sp³-hybridized carbons (Fsp3) is 0.105. The van der Waals surface area contributed by atoms with Gasteiger partial charge in [0.15, 0.2) is 0 Å². The lowest BCUT2D eigenvalue weighted by Gasteiger charge is -2.08. The maximum atomic E-state index is 12.2. The Bertz CT molecular complexity index is 939. The lowest BCUT2D eigenvalue weighted by molar-refractivity contribution is -0.111. The van der Waals surface area contributed by atoms with Gasteiger partial charge < -0.3 is 14.5 Å². The van der Waals surface area contributed by atoms with E-state index in [0.717, 1.165) is 5.56 Å². The van der Waals surface area contributed by atoms with E-state index in [9.17, 15) is 13.6 Å². The molecule has 0 saturated carbocycles. The van der Waals surface area contributed by atoms with Gasteiger partial charge in [-0.3, -0.25) is 4.79 Å². The highest BCUT2D eigenvalue weighted by molar-refractivity contribution is 6.02. The van der Waals surface area contributed by atoms with E-state index >= 15 is 0 Å². The van der Waals surface area contributed by atoms with E-state index in [-0.39, 0.29) is 11.7 Å². The minimum absolute atomic E-state index is 0.0556. The molecule has 1 heterocycles. The molecule has 0 aliphatic rings. The molecule has 0 bridgehead atoms. The third-order valence-corrected chi connectivity index (χ3v) is 3.63. The molecule has 6 nitrogen and oxygen atoms in total. The normalized spacial score (nSPS) is 11.1. The first-order chi connectivity index (χ1) is 13.0. The van der Waals surface area contributed by atoms with E-state index in [1.54, 1.807) is 24.3 Å². The predicted molar refractivity (Wildman–Crippen MR) is 95.2 cm³/mol. The molecule has 138 valence electrons. The first kappa shape index (κ1) is 18.2. The van der Waals surface area contributed by atoms with Gasteiger partial charge in [0.1, 0.15) is 5.75 Å². The number of hydrogen-bond donors (Lipinski definition) is 1. The number of rotatable bonds is 6. The SMILES string of the molecule is Cc1ccc(-c2nnco2)cc1NC(=O)/C=C\c1ccc(OC(F)F)cc1. The largest absolute Gasteiger partial charge is 0.435 e. The molecule has 1 aromatic heterocycles. The van der Waals surface area contributed by atoms with Crippen molar-refractivity contribution in [1.29, 1.82) is 0 Å². The number of ether oxygens (including phenoxy) is 1. The first-order valence-electron chi connectivity index (χ1n) is 7.92. The van der Waals surface area contributed by atoms with Crippen molar-refractivity contribution in [3.05, 3.63) is 66.1 Å². The monoisotopic (exact) mass is 371 g/mol. The minimum atomic E-state index is -2.87. The average molecular weight is 371 g/mol. The molecule has 27 heavy (non-hydrogen) atoms. The summed E-state index contributed by atoms with van der Waals surface area (Å²) in [5.74, 6) is 0.0703. The van der Waals surface area contributed by atoms with Crippen molar-refractivity contribution < 1.29 is 22.7 Å². The van der Waals surface area contributed by atoms with E-state index in [0.29, 0.717) is 22.7 Å². The van der Waals surface area contributed by atoms with Crippen LogP contribution in [0.25, 0.3) is 17.5 Å². The molecule has 0 saturated heterocycles. The first-order valence-corrected chi connectivity index (χ1v) is 7.92.